The van der Waals surface area contributed by atoms with E-state index in [1.807, 2.05) is 12.1 Å². The van der Waals surface area contributed by atoms with Crippen molar-refractivity contribution in [3.05, 3.63) is 50.9 Å². The molecule has 5 heteroatoms. The number of ether oxygens (including phenoxy) is 1. The van der Waals surface area contributed by atoms with Gasteiger partial charge in [0.25, 0.3) is 0 Å². The summed E-state index contributed by atoms with van der Waals surface area (Å²) < 4.78 is 19.7. The minimum Gasteiger partial charge on any atom is -0.496 e. The molecule has 2 aromatic rings. The Morgan fingerprint density at radius 3 is 2.75 bits per heavy atom. The maximum absolute atomic E-state index is 13.6. The highest BCUT2D eigenvalue weighted by Gasteiger charge is 2.20. The number of halogens is 2. The Labute approximate surface area is 127 Å². The standard InChI is InChI=1S/C15H17ClFNOS/c1-3-8-18-15(13-6-7-14(16)20-13)11-9-10(17)4-5-12(11)19-2/h4-7,9,15,18H,3,8H2,1-2H3. The fourth-order valence-electron chi connectivity index (χ4n) is 2.07. The highest BCUT2D eigenvalue weighted by molar-refractivity contribution is 7.16. The lowest BCUT2D eigenvalue weighted by atomic mass is 10.0. The lowest BCUT2D eigenvalue weighted by Crippen LogP contribution is -2.23. The van der Waals surface area contributed by atoms with E-state index >= 15 is 0 Å². The fraction of sp³-hybridized carbons (Fsp3) is 0.333. The van der Waals surface area contributed by atoms with E-state index in [0.717, 1.165) is 27.7 Å². The molecule has 0 radical (unpaired) electrons. The van der Waals surface area contributed by atoms with Gasteiger partial charge in [0, 0.05) is 10.4 Å². The zero-order valence-corrected chi connectivity index (χ0v) is 13.0. The van der Waals surface area contributed by atoms with Crippen LogP contribution in [0.25, 0.3) is 0 Å². The maximum atomic E-state index is 13.6. The number of hydrogen-bond donors (Lipinski definition) is 1. The molecule has 0 aliphatic rings. The molecule has 2 nitrogen and oxygen atoms in total. The summed E-state index contributed by atoms with van der Waals surface area (Å²) in [5.74, 6) is 0.399. The highest BCUT2D eigenvalue weighted by atomic mass is 35.5. The quantitative estimate of drug-likeness (QED) is 0.839. The van der Waals surface area contributed by atoms with Gasteiger partial charge in [-0.15, -0.1) is 11.3 Å². The first kappa shape index (κ1) is 15.3. The van der Waals surface area contributed by atoms with E-state index in [9.17, 15) is 4.39 Å². The fourth-order valence-corrected chi connectivity index (χ4v) is 3.22. The van der Waals surface area contributed by atoms with Gasteiger partial charge in [0.2, 0.25) is 0 Å². The first-order valence-corrected chi connectivity index (χ1v) is 7.67. The van der Waals surface area contributed by atoms with Crippen molar-refractivity contribution in [2.24, 2.45) is 0 Å². The molecule has 0 saturated heterocycles. The monoisotopic (exact) mass is 313 g/mol. The third kappa shape index (κ3) is 3.51. The van der Waals surface area contributed by atoms with Crippen LogP contribution >= 0.6 is 22.9 Å². The van der Waals surface area contributed by atoms with Crippen molar-refractivity contribution in [1.82, 2.24) is 5.32 Å². The first-order valence-electron chi connectivity index (χ1n) is 6.47. The zero-order valence-electron chi connectivity index (χ0n) is 11.5. The Hall–Kier alpha value is -1.10. The lowest BCUT2D eigenvalue weighted by molar-refractivity contribution is 0.402. The number of thiophene rings is 1. The van der Waals surface area contributed by atoms with E-state index in [-0.39, 0.29) is 11.9 Å². The number of rotatable bonds is 6. The van der Waals surface area contributed by atoms with E-state index in [0.29, 0.717) is 5.75 Å². The largest absolute Gasteiger partial charge is 0.496 e. The van der Waals surface area contributed by atoms with Gasteiger partial charge in [0.1, 0.15) is 11.6 Å². The van der Waals surface area contributed by atoms with Gasteiger partial charge in [-0.25, -0.2) is 4.39 Å². The molecular weight excluding hydrogens is 297 g/mol. The number of benzene rings is 1. The van der Waals surface area contributed by atoms with Gasteiger partial charge in [0.05, 0.1) is 17.5 Å². The SMILES string of the molecule is CCCNC(c1ccc(Cl)s1)c1cc(F)ccc1OC. The summed E-state index contributed by atoms with van der Waals surface area (Å²) in [7, 11) is 1.59. The minimum absolute atomic E-state index is 0.113. The van der Waals surface area contributed by atoms with Crippen LogP contribution in [0.1, 0.15) is 29.8 Å². The van der Waals surface area contributed by atoms with Crippen molar-refractivity contribution < 1.29 is 9.13 Å². The molecule has 1 heterocycles. The van der Waals surface area contributed by atoms with Gasteiger partial charge in [-0.05, 0) is 43.3 Å². The molecule has 0 aliphatic carbocycles. The Morgan fingerprint density at radius 1 is 1.35 bits per heavy atom. The molecular formula is C15H17ClFNOS. The van der Waals surface area contributed by atoms with E-state index in [2.05, 4.69) is 12.2 Å². The maximum Gasteiger partial charge on any atom is 0.124 e. The molecule has 0 saturated carbocycles. The van der Waals surface area contributed by atoms with Crippen LogP contribution in [0.5, 0.6) is 5.75 Å². The molecule has 0 spiro atoms. The molecule has 20 heavy (non-hydrogen) atoms. The normalized spacial score (nSPS) is 12.4. The molecule has 0 bridgehead atoms. The second-order valence-corrected chi connectivity index (χ2v) is 6.16. The molecule has 0 aliphatic heterocycles. The zero-order chi connectivity index (χ0) is 14.5. The molecule has 0 amide bonds. The second kappa shape index (κ2) is 7.07. The molecule has 1 unspecified atom stereocenters. The van der Waals surface area contributed by atoms with E-state index in [4.69, 9.17) is 16.3 Å². The highest BCUT2D eigenvalue weighted by Crippen LogP contribution is 2.35. The summed E-state index contributed by atoms with van der Waals surface area (Å²) in [5.41, 5.74) is 0.791. The van der Waals surface area contributed by atoms with Crippen LogP contribution in [0.15, 0.2) is 30.3 Å². The van der Waals surface area contributed by atoms with Crippen molar-refractivity contribution in [3.8, 4) is 5.75 Å². The number of nitrogens with one attached hydrogen (secondary N) is 1. The number of hydrogen-bond acceptors (Lipinski definition) is 3. The van der Waals surface area contributed by atoms with Crippen molar-refractivity contribution in [3.63, 3.8) is 0 Å². The second-order valence-electron chi connectivity index (χ2n) is 4.42. The van der Waals surface area contributed by atoms with E-state index in [1.165, 1.54) is 23.5 Å². The van der Waals surface area contributed by atoms with E-state index < -0.39 is 0 Å². The van der Waals surface area contributed by atoms with Crippen LogP contribution in [0.2, 0.25) is 4.34 Å². The Kier molecular flexibility index (Phi) is 5.40. The van der Waals surface area contributed by atoms with Crippen LogP contribution in [0.4, 0.5) is 4.39 Å². The third-order valence-corrected chi connectivity index (χ3v) is 4.28. The van der Waals surface area contributed by atoms with Gasteiger partial charge in [0.15, 0.2) is 0 Å². The summed E-state index contributed by atoms with van der Waals surface area (Å²) in [6.45, 7) is 2.92. The average molecular weight is 314 g/mol. The summed E-state index contributed by atoms with van der Waals surface area (Å²) >= 11 is 7.51. The Morgan fingerprint density at radius 2 is 2.15 bits per heavy atom. The lowest BCUT2D eigenvalue weighted by Gasteiger charge is -2.20. The average Bonchev–Trinajstić information content (AvgIpc) is 2.86. The minimum atomic E-state index is -0.272. The van der Waals surface area contributed by atoms with Crippen LogP contribution in [-0.4, -0.2) is 13.7 Å². The molecule has 108 valence electrons. The molecule has 1 aromatic carbocycles. The predicted octanol–water partition coefficient (Wildman–Crippen LogP) is 4.64. The van der Waals surface area contributed by atoms with Crippen molar-refractivity contribution in [2.75, 3.05) is 13.7 Å². The summed E-state index contributed by atoms with van der Waals surface area (Å²) in [5, 5.41) is 3.42. The molecule has 1 aromatic heterocycles. The van der Waals surface area contributed by atoms with Gasteiger partial charge in [-0.3, -0.25) is 0 Å². The van der Waals surface area contributed by atoms with Crippen molar-refractivity contribution >= 4 is 22.9 Å². The van der Waals surface area contributed by atoms with Crippen LogP contribution in [0, 0.1) is 5.82 Å². The van der Waals surface area contributed by atoms with Gasteiger partial charge < -0.3 is 10.1 Å². The third-order valence-electron chi connectivity index (χ3n) is 2.98. The van der Waals surface area contributed by atoms with Crippen LogP contribution in [-0.2, 0) is 0 Å². The molecule has 0 fully saturated rings. The van der Waals surface area contributed by atoms with Crippen LogP contribution < -0.4 is 10.1 Å². The van der Waals surface area contributed by atoms with Crippen molar-refractivity contribution in [1.29, 1.82) is 0 Å². The number of methoxy groups -OCH3 is 1. The summed E-state index contributed by atoms with van der Waals surface area (Å²) in [4.78, 5) is 1.05. The van der Waals surface area contributed by atoms with Gasteiger partial charge >= 0.3 is 0 Å². The first-order chi connectivity index (χ1) is 9.65. The van der Waals surface area contributed by atoms with Crippen molar-refractivity contribution in [2.45, 2.75) is 19.4 Å². The van der Waals surface area contributed by atoms with E-state index in [1.54, 1.807) is 13.2 Å². The van der Waals surface area contributed by atoms with Gasteiger partial charge in [-0.1, -0.05) is 18.5 Å². The smallest absolute Gasteiger partial charge is 0.124 e. The Balaban J connectivity index is 2.42. The topological polar surface area (TPSA) is 21.3 Å². The molecule has 2 rings (SSSR count). The Bertz CT molecular complexity index is 573. The molecule has 1 atom stereocenters. The summed E-state index contributed by atoms with van der Waals surface area (Å²) in [6.07, 6.45) is 0.993. The molecule has 1 N–H and O–H groups in total. The van der Waals surface area contributed by atoms with Gasteiger partial charge in [-0.2, -0.15) is 0 Å². The summed E-state index contributed by atoms with van der Waals surface area (Å²) in [6, 6.07) is 8.28. The predicted molar refractivity (Wildman–Crippen MR) is 82.4 cm³/mol. The van der Waals surface area contributed by atoms with Crippen LogP contribution in [0.3, 0.4) is 0 Å².